The Morgan fingerprint density at radius 3 is 2.62 bits per heavy atom. The van der Waals surface area contributed by atoms with Crippen molar-refractivity contribution in [2.24, 2.45) is 15.9 Å². The molecular formula is C23H22ClN3OS. The van der Waals surface area contributed by atoms with Crippen molar-refractivity contribution in [1.29, 1.82) is 0 Å². The Balaban J connectivity index is 1.63. The molecule has 3 rings (SSSR count). The molecule has 0 saturated carbocycles. The second kappa shape index (κ2) is 10.7. The minimum absolute atomic E-state index is 0.398. The van der Waals surface area contributed by atoms with Crippen molar-refractivity contribution in [3.05, 3.63) is 100 Å². The fourth-order valence-electron chi connectivity index (χ4n) is 2.62. The number of nitrogens with two attached hydrogens (primary N) is 1. The van der Waals surface area contributed by atoms with Crippen LogP contribution in [0.15, 0.2) is 83.0 Å². The maximum Gasteiger partial charge on any atom is 0.180 e. The van der Waals surface area contributed by atoms with E-state index < -0.39 is 0 Å². The van der Waals surface area contributed by atoms with Gasteiger partial charge in [-0.3, -0.25) is 0 Å². The summed E-state index contributed by atoms with van der Waals surface area (Å²) in [7, 11) is 0. The van der Waals surface area contributed by atoms with Crippen LogP contribution in [0.3, 0.4) is 0 Å². The van der Waals surface area contributed by atoms with E-state index in [1.165, 1.54) is 22.9 Å². The molecule has 0 saturated heterocycles. The monoisotopic (exact) mass is 423 g/mol. The maximum atomic E-state index is 6.13. The van der Waals surface area contributed by atoms with E-state index >= 15 is 0 Å². The minimum atomic E-state index is 0.398. The summed E-state index contributed by atoms with van der Waals surface area (Å²) in [6, 6.07) is 23.7. The van der Waals surface area contributed by atoms with Crippen LogP contribution in [0.1, 0.15) is 22.3 Å². The summed E-state index contributed by atoms with van der Waals surface area (Å²) < 4.78 is 5.96. The van der Waals surface area contributed by atoms with Crippen LogP contribution in [0.25, 0.3) is 0 Å². The predicted molar refractivity (Wildman–Crippen MR) is 124 cm³/mol. The lowest BCUT2D eigenvalue weighted by molar-refractivity contribution is 0.305. The zero-order valence-electron chi connectivity index (χ0n) is 16.1. The Hall–Kier alpha value is -2.76. The number of rotatable bonds is 7. The van der Waals surface area contributed by atoms with Crippen molar-refractivity contribution in [2.75, 3.05) is 0 Å². The molecule has 3 aromatic rings. The van der Waals surface area contributed by atoms with Gasteiger partial charge in [0, 0.05) is 16.3 Å². The molecule has 0 bridgehead atoms. The van der Waals surface area contributed by atoms with E-state index in [0.29, 0.717) is 22.5 Å². The van der Waals surface area contributed by atoms with Gasteiger partial charge in [0.2, 0.25) is 0 Å². The average molecular weight is 424 g/mol. The Labute approximate surface area is 180 Å². The van der Waals surface area contributed by atoms with Gasteiger partial charge in [-0.1, -0.05) is 83.5 Å². The molecule has 0 heterocycles. The van der Waals surface area contributed by atoms with Crippen LogP contribution in [0.5, 0.6) is 5.75 Å². The number of halogens is 1. The van der Waals surface area contributed by atoms with Crippen LogP contribution in [0, 0.1) is 6.92 Å². The lowest BCUT2D eigenvalue weighted by Gasteiger charge is -2.10. The van der Waals surface area contributed by atoms with Crippen LogP contribution >= 0.6 is 23.4 Å². The Morgan fingerprint density at radius 1 is 1.03 bits per heavy atom. The maximum absolute atomic E-state index is 6.13. The summed E-state index contributed by atoms with van der Waals surface area (Å²) in [6.45, 7) is 2.52. The fourth-order valence-corrected chi connectivity index (χ4v) is 3.42. The highest BCUT2D eigenvalue weighted by atomic mass is 35.5. The van der Waals surface area contributed by atoms with E-state index in [-0.39, 0.29) is 0 Å². The van der Waals surface area contributed by atoms with Gasteiger partial charge < -0.3 is 10.5 Å². The molecule has 0 aliphatic carbocycles. The molecule has 148 valence electrons. The topological polar surface area (TPSA) is 60.0 Å². The molecular weight excluding hydrogens is 402 g/mol. The SMILES string of the molecule is Cc1cccc(COc2ccc(Cl)cc2C=NN=C(N)SCc2ccccc2)c1. The van der Waals surface area contributed by atoms with Crippen molar-refractivity contribution in [2.45, 2.75) is 19.3 Å². The molecule has 0 fully saturated rings. The van der Waals surface area contributed by atoms with Gasteiger partial charge in [-0.25, -0.2) is 0 Å². The smallest absolute Gasteiger partial charge is 0.180 e. The Morgan fingerprint density at radius 2 is 1.83 bits per heavy atom. The molecule has 0 radical (unpaired) electrons. The highest BCUT2D eigenvalue weighted by Crippen LogP contribution is 2.23. The Kier molecular flexibility index (Phi) is 7.73. The van der Waals surface area contributed by atoms with Gasteiger partial charge in [0.1, 0.15) is 12.4 Å². The van der Waals surface area contributed by atoms with Crippen LogP contribution in [-0.4, -0.2) is 11.4 Å². The number of benzene rings is 3. The third kappa shape index (κ3) is 6.97. The highest BCUT2D eigenvalue weighted by molar-refractivity contribution is 8.13. The van der Waals surface area contributed by atoms with E-state index in [1.54, 1.807) is 18.3 Å². The first-order chi connectivity index (χ1) is 14.1. The van der Waals surface area contributed by atoms with E-state index in [2.05, 4.69) is 29.3 Å². The van der Waals surface area contributed by atoms with Gasteiger partial charge in [-0.2, -0.15) is 5.10 Å². The third-order valence-electron chi connectivity index (χ3n) is 4.03. The summed E-state index contributed by atoms with van der Waals surface area (Å²) in [4.78, 5) is 0. The van der Waals surface area contributed by atoms with Crippen molar-refractivity contribution >= 4 is 34.7 Å². The lowest BCUT2D eigenvalue weighted by Crippen LogP contribution is -2.06. The zero-order valence-corrected chi connectivity index (χ0v) is 17.7. The molecule has 0 aliphatic heterocycles. The molecule has 0 amide bonds. The number of nitrogens with zero attached hydrogens (tertiary/aromatic N) is 2. The number of hydrogen-bond acceptors (Lipinski definition) is 4. The van der Waals surface area contributed by atoms with Crippen LogP contribution in [-0.2, 0) is 12.4 Å². The predicted octanol–water partition coefficient (Wildman–Crippen LogP) is 5.81. The second-order valence-corrected chi connectivity index (χ2v) is 7.85. The Bertz CT molecular complexity index is 1010. The quantitative estimate of drug-likeness (QED) is 0.296. The van der Waals surface area contributed by atoms with Gasteiger partial charge in [-0.05, 0) is 36.2 Å². The number of thioether (sulfide) groups is 1. The van der Waals surface area contributed by atoms with Crippen molar-refractivity contribution in [1.82, 2.24) is 0 Å². The first kappa shape index (κ1) is 21.0. The standard InChI is InChI=1S/C23H22ClN3OS/c1-17-6-5-9-19(12-17)15-28-22-11-10-21(24)13-20(22)14-26-27-23(25)29-16-18-7-3-2-4-8-18/h2-14H,15-16H2,1H3,(H2,25,27). The van der Waals surface area contributed by atoms with Crippen molar-refractivity contribution in [3.8, 4) is 5.75 Å². The van der Waals surface area contributed by atoms with Gasteiger partial charge in [-0.15, -0.1) is 5.10 Å². The molecule has 4 nitrogen and oxygen atoms in total. The first-order valence-electron chi connectivity index (χ1n) is 9.11. The molecule has 0 atom stereocenters. The summed E-state index contributed by atoms with van der Waals surface area (Å²) in [5.74, 6) is 1.43. The van der Waals surface area contributed by atoms with E-state index in [1.807, 2.05) is 48.5 Å². The lowest BCUT2D eigenvalue weighted by atomic mass is 10.1. The van der Waals surface area contributed by atoms with Crippen molar-refractivity contribution < 1.29 is 4.74 Å². The molecule has 29 heavy (non-hydrogen) atoms. The van der Waals surface area contributed by atoms with Crippen LogP contribution in [0.2, 0.25) is 5.02 Å². The summed E-state index contributed by atoms with van der Waals surface area (Å²) in [6.07, 6.45) is 1.60. The zero-order chi connectivity index (χ0) is 20.5. The summed E-state index contributed by atoms with van der Waals surface area (Å²) >= 11 is 7.57. The van der Waals surface area contributed by atoms with E-state index in [0.717, 1.165) is 16.9 Å². The summed E-state index contributed by atoms with van der Waals surface area (Å²) in [5.41, 5.74) is 10.2. The second-order valence-electron chi connectivity index (χ2n) is 6.42. The fraction of sp³-hybridized carbons (Fsp3) is 0.130. The molecule has 6 heteroatoms. The number of ether oxygens (including phenoxy) is 1. The average Bonchev–Trinajstić information content (AvgIpc) is 2.72. The van der Waals surface area contributed by atoms with Gasteiger partial charge >= 0.3 is 0 Å². The highest BCUT2D eigenvalue weighted by Gasteiger charge is 2.04. The molecule has 2 N–H and O–H groups in total. The molecule has 0 aromatic heterocycles. The molecule has 0 spiro atoms. The molecule has 0 unspecified atom stereocenters. The largest absolute Gasteiger partial charge is 0.488 e. The third-order valence-corrected chi connectivity index (χ3v) is 5.12. The van der Waals surface area contributed by atoms with Gasteiger partial charge in [0.05, 0.1) is 6.21 Å². The molecule has 3 aromatic carbocycles. The van der Waals surface area contributed by atoms with Crippen LogP contribution < -0.4 is 10.5 Å². The normalized spacial score (nSPS) is 11.7. The van der Waals surface area contributed by atoms with Crippen LogP contribution in [0.4, 0.5) is 0 Å². The first-order valence-corrected chi connectivity index (χ1v) is 10.5. The molecule has 0 aliphatic rings. The van der Waals surface area contributed by atoms with Gasteiger partial charge in [0.25, 0.3) is 0 Å². The van der Waals surface area contributed by atoms with E-state index in [9.17, 15) is 0 Å². The number of aryl methyl sites for hydroxylation is 1. The number of hydrogen-bond donors (Lipinski definition) is 1. The van der Waals surface area contributed by atoms with Gasteiger partial charge in [0.15, 0.2) is 5.17 Å². The number of amidine groups is 1. The summed E-state index contributed by atoms with van der Waals surface area (Å²) in [5, 5.41) is 9.17. The van der Waals surface area contributed by atoms with Crippen molar-refractivity contribution in [3.63, 3.8) is 0 Å². The minimum Gasteiger partial charge on any atom is -0.488 e. The van der Waals surface area contributed by atoms with E-state index in [4.69, 9.17) is 22.1 Å².